The van der Waals surface area contributed by atoms with Gasteiger partial charge in [-0.2, -0.15) is 5.26 Å². The maximum absolute atomic E-state index is 15.1. The first-order chi connectivity index (χ1) is 15.9. The van der Waals surface area contributed by atoms with E-state index in [4.69, 9.17) is 9.68 Å². The standard InChI is InChI=1S/C22H14F3N5O2S/c23-11-1-2-12(14(24)7-11)13-3-4-15-21(20(13)25)33-19(27-15)9-18-30-29-17(32-18)8-16(31)28-22(10-26)5-6-22/h1-4,7H,5-6,8-9H2,(H,28,31). The summed E-state index contributed by atoms with van der Waals surface area (Å²) < 4.78 is 48.1. The molecule has 0 radical (unpaired) electrons. The summed E-state index contributed by atoms with van der Waals surface area (Å²) in [6.07, 6.45) is 1.20. The van der Waals surface area contributed by atoms with Gasteiger partial charge in [-0.3, -0.25) is 4.79 Å². The van der Waals surface area contributed by atoms with Crippen LogP contribution in [0.4, 0.5) is 13.2 Å². The highest BCUT2D eigenvalue weighted by molar-refractivity contribution is 7.18. The van der Waals surface area contributed by atoms with E-state index in [1.54, 1.807) is 6.07 Å². The number of benzene rings is 2. The lowest BCUT2D eigenvalue weighted by molar-refractivity contribution is -0.121. The summed E-state index contributed by atoms with van der Waals surface area (Å²) >= 11 is 1.05. The highest BCUT2D eigenvalue weighted by Crippen LogP contribution is 2.35. The van der Waals surface area contributed by atoms with Crippen molar-refractivity contribution in [3.05, 3.63) is 64.6 Å². The van der Waals surface area contributed by atoms with E-state index >= 15 is 4.39 Å². The minimum absolute atomic E-state index is 0.00657. The van der Waals surface area contributed by atoms with Gasteiger partial charge in [0, 0.05) is 17.2 Å². The molecule has 1 amide bonds. The second kappa shape index (κ2) is 7.97. The summed E-state index contributed by atoms with van der Waals surface area (Å²) in [5.74, 6) is -2.35. The second-order valence-electron chi connectivity index (χ2n) is 7.69. The van der Waals surface area contributed by atoms with E-state index < -0.39 is 23.0 Å². The number of halogens is 3. The quantitative estimate of drug-likeness (QED) is 0.457. The second-order valence-corrected chi connectivity index (χ2v) is 8.78. The Hall–Kier alpha value is -3.78. The van der Waals surface area contributed by atoms with E-state index in [2.05, 4.69) is 26.6 Å². The van der Waals surface area contributed by atoms with E-state index in [0.29, 0.717) is 29.4 Å². The summed E-state index contributed by atoms with van der Waals surface area (Å²) in [5.41, 5.74) is -0.438. The third kappa shape index (κ3) is 4.17. The number of carbonyl (C=O) groups excluding carboxylic acids is 1. The Balaban J connectivity index is 1.33. The molecule has 1 fully saturated rings. The van der Waals surface area contributed by atoms with Crippen molar-refractivity contribution in [2.75, 3.05) is 0 Å². The van der Waals surface area contributed by atoms with Crippen LogP contribution in [-0.2, 0) is 17.6 Å². The number of hydrogen-bond acceptors (Lipinski definition) is 7. The van der Waals surface area contributed by atoms with Crippen LogP contribution < -0.4 is 5.32 Å². The lowest BCUT2D eigenvalue weighted by Crippen LogP contribution is -2.36. The summed E-state index contributed by atoms with van der Waals surface area (Å²) in [7, 11) is 0. The van der Waals surface area contributed by atoms with Gasteiger partial charge in [-0.25, -0.2) is 18.2 Å². The molecule has 2 aromatic carbocycles. The molecular weight excluding hydrogens is 455 g/mol. The normalized spacial score (nSPS) is 14.2. The van der Waals surface area contributed by atoms with Gasteiger partial charge in [-0.1, -0.05) is 0 Å². The molecule has 2 heterocycles. The Morgan fingerprint density at radius 2 is 1.91 bits per heavy atom. The molecule has 1 aliphatic carbocycles. The number of nitrogens with zero attached hydrogens (tertiary/aromatic N) is 4. The minimum atomic E-state index is -0.859. The largest absolute Gasteiger partial charge is 0.424 e. The van der Waals surface area contributed by atoms with Crippen molar-refractivity contribution in [1.82, 2.24) is 20.5 Å². The zero-order valence-electron chi connectivity index (χ0n) is 16.9. The van der Waals surface area contributed by atoms with E-state index in [-0.39, 0.29) is 46.4 Å². The van der Waals surface area contributed by atoms with Gasteiger partial charge in [0.2, 0.25) is 17.7 Å². The first kappa shape index (κ1) is 21.1. The van der Waals surface area contributed by atoms with Crippen LogP contribution in [-0.4, -0.2) is 26.6 Å². The van der Waals surface area contributed by atoms with Gasteiger partial charge in [0.1, 0.15) is 28.6 Å². The third-order valence-electron chi connectivity index (χ3n) is 5.23. The monoisotopic (exact) mass is 469 g/mol. The Morgan fingerprint density at radius 1 is 1.15 bits per heavy atom. The van der Waals surface area contributed by atoms with Gasteiger partial charge < -0.3 is 9.73 Å². The molecule has 0 unspecified atom stereocenters. The number of hydrogen-bond donors (Lipinski definition) is 1. The van der Waals surface area contributed by atoms with Crippen molar-refractivity contribution in [2.24, 2.45) is 0 Å². The van der Waals surface area contributed by atoms with Gasteiger partial charge in [0.15, 0.2) is 5.82 Å². The molecule has 1 N–H and O–H groups in total. The molecule has 0 bridgehead atoms. The average Bonchev–Trinajstić information content (AvgIpc) is 3.20. The van der Waals surface area contributed by atoms with Gasteiger partial charge in [-0.05, 0) is 37.1 Å². The molecule has 33 heavy (non-hydrogen) atoms. The maximum atomic E-state index is 15.1. The number of aromatic nitrogens is 3. The number of amides is 1. The molecule has 5 rings (SSSR count). The van der Waals surface area contributed by atoms with Crippen molar-refractivity contribution >= 4 is 27.5 Å². The lowest BCUT2D eigenvalue weighted by atomic mass is 10.0. The van der Waals surface area contributed by atoms with E-state index in [1.165, 1.54) is 12.1 Å². The van der Waals surface area contributed by atoms with Crippen LogP contribution in [0.3, 0.4) is 0 Å². The lowest BCUT2D eigenvalue weighted by Gasteiger charge is -2.06. The highest BCUT2D eigenvalue weighted by Gasteiger charge is 2.44. The number of carbonyl (C=O) groups is 1. The van der Waals surface area contributed by atoms with Crippen LogP contribution in [0.25, 0.3) is 21.3 Å². The smallest absolute Gasteiger partial charge is 0.230 e. The fourth-order valence-electron chi connectivity index (χ4n) is 3.40. The van der Waals surface area contributed by atoms with Gasteiger partial charge in [0.05, 0.1) is 22.7 Å². The van der Waals surface area contributed by atoms with Crippen LogP contribution in [0.5, 0.6) is 0 Å². The Morgan fingerprint density at radius 3 is 2.64 bits per heavy atom. The topological polar surface area (TPSA) is 105 Å². The minimum Gasteiger partial charge on any atom is -0.424 e. The van der Waals surface area contributed by atoms with Crippen molar-refractivity contribution in [3.63, 3.8) is 0 Å². The van der Waals surface area contributed by atoms with Gasteiger partial charge >= 0.3 is 0 Å². The molecule has 166 valence electrons. The molecule has 1 aliphatic rings. The molecule has 0 saturated heterocycles. The predicted octanol–water partition coefficient (Wildman–Crippen LogP) is 4.07. The fraction of sp³-hybridized carbons (Fsp3) is 0.227. The van der Waals surface area contributed by atoms with Gasteiger partial charge in [-0.15, -0.1) is 21.5 Å². The SMILES string of the molecule is N#CC1(NC(=O)Cc2nnc(Cc3nc4ccc(-c5ccc(F)cc5F)c(F)c4s3)o2)CC1. The average molecular weight is 469 g/mol. The Kier molecular flexibility index (Phi) is 5.09. The maximum Gasteiger partial charge on any atom is 0.230 e. The van der Waals surface area contributed by atoms with Crippen LogP contribution in [0, 0.1) is 28.8 Å². The Bertz CT molecular complexity index is 1440. The summed E-state index contributed by atoms with van der Waals surface area (Å²) in [4.78, 5) is 16.4. The molecule has 7 nitrogen and oxygen atoms in total. The van der Waals surface area contributed by atoms with Crippen LogP contribution in [0.2, 0.25) is 0 Å². The third-order valence-corrected chi connectivity index (χ3v) is 6.29. The summed E-state index contributed by atoms with van der Waals surface area (Å²) in [6.45, 7) is 0. The molecule has 0 aliphatic heterocycles. The first-order valence-corrected chi connectivity index (χ1v) is 10.7. The molecule has 1 saturated carbocycles. The Labute approximate surface area is 188 Å². The molecule has 0 atom stereocenters. The van der Waals surface area contributed by atoms with Crippen molar-refractivity contribution in [3.8, 4) is 17.2 Å². The number of thiazole rings is 1. The zero-order valence-corrected chi connectivity index (χ0v) is 17.7. The molecular formula is C22H14F3N5O2S. The highest BCUT2D eigenvalue weighted by atomic mass is 32.1. The van der Waals surface area contributed by atoms with Crippen LogP contribution >= 0.6 is 11.3 Å². The molecule has 4 aromatic rings. The predicted molar refractivity (Wildman–Crippen MR) is 111 cm³/mol. The van der Waals surface area contributed by atoms with Crippen molar-refractivity contribution in [2.45, 2.75) is 31.2 Å². The molecule has 0 spiro atoms. The number of nitrogens with one attached hydrogen (secondary N) is 1. The summed E-state index contributed by atoms with van der Waals surface area (Å²) in [6, 6.07) is 7.99. The number of fused-ring (bicyclic) bond motifs is 1. The van der Waals surface area contributed by atoms with Gasteiger partial charge in [0.25, 0.3) is 0 Å². The van der Waals surface area contributed by atoms with E-state index in [0.717, 1.165) is 17.4 Å². The molecule has 11 heteroatoms. The van der Waals surface area contributed by atoms with Crippen molar-refractivity contribution in [1.29, 1.82) is 5.26 Å². The zero-order chi connectivity index (χ0) is 23.2. The van der Waals surface area contributed by atoms with Crippen LogP contribution in [0.15, 0.2) is 34.7 Å². The number of rotatable bonds is 6. The number of nitriles is 1. The molecule has 2 aromatic heterocycles. The van der Waals surface area contributed by atoms with Crippen molar-refractivity contribution < 1.29 is 22.4 Å². The van der Waals surface area contributed by atoms with Crippen LogP contribution in [0.1, 0.15) is 29.6 Å². The van der Waals surface area contributed by atoms with E-state index in [9.17, 15) is 13.6 Å². The summed E-state index contributed by atoms with van der Waals surface area (Å²) in [5, 5.41) is 19.9. The fourth-order valence-corrected chi connectivity index (χ4v) is 4.39. The first-order valence-electron chi connectivity index (χ1n) is 9.93. The van der Waals surface area contributed by atoms with E-state index in [1.807, 2.05) is 0 Å².